The fourth-order valence-corrected chi connectivity index (χ4v) is 3.28. The topological polar surface area (TPSA) is 117 Å². The molecule has 8 nitrogen and oxygen atoms in total. The SMILES string of the molecule is CC[C@@H](C)NS(=O)(=O)c1ccc(C(=O)NNC(=O)c2ccccn2)cc1. The van der Waals surface area contributed by atoms with Crippen molar-refractivity contribution in [2.45, 2.75) is 31.2 Å². The van der Waals surface area contributed by atoms with Crippen LogP contribution in [0.3, 0.4) is 0 Å². The first kappa shape index (κ1) is 19.5. The van der Waals surface area contributed by atoms with Crippen molar-refractivity contribution in [1.82, 2.24) is 20.6 Å². The van der Waals surface area contributed by atoms with Gasteiger partial charge in [0, 0.05) is 17.8 Å². The van der Waals surface area contributed by atoms with Crippen molar-refractivity contribution >= 4 is 21.8 Å². The lowest BCUT2D eigenvalue weighted by Gasteiger charge is -2.12. The van der Waals surface area contributed by atoms with Crippen LogP contribution >= 0.6 is 0 Å². The van der Waals surface area contributed by atoms with Crippen molar-refractivity contribution in [2.24, 2.45) is 0 Å². The van der Waals surface area contributed by atoms with E-state index in [2.05, 4.69) is 20.6 Å². The Bertz CT molecular complexity index is 867. The number of nitrogens with one attached hydrogen (secondary N) is 3. The predicted molar refractivity (Wildman–Crippen MR) is 95.7 cm³/mol. The lowest BCUT2D eigenvalue weighted by atomic mass is 10.2. The van der Waals surface area contributed by atoms with Gasteiger partial charge in [-0.15, -0.1) is 0 Å². The van der Waals surface area contributed by atoms with E-state index in [1.54, 1.807) is 19.1 Å². The summed E-state index contributed by atoms with van der Waals surface area (Å²) < 4.78 is 26.9. The van der Waals surface area contributed by atoms with Crippen LogP contribution in [0.5, 0.6) is 0 Å². The van der Waals surface area contributed by atoms with Gasteiger partial charge < -0.3 is 0 Å². The van der Waals surface area contributed by atoms with Crippen molar-refractivity contribution in [3.05, 3.63) is 59.9 Å². The Labute approximate surface area is 152 Å². The third kappa shape index (κ3) is 5.11. The first-order chi connectivity index (χ1) is 12.3. The molecule has 26 heavy (non-hydrogen) atoms. The predicted octanol–water partition coefficient (Wildman–Crippen LogP) is 1.23. The van der Waals surface area contributed by atoms with Crippen LogP contribution in [0, 0.1) is 0 Å². The quantitative estimate of drug-likeness (QED) is 0.656. The van der Waals surface area contributed by atoms with Crippen LogP contribution in [0.1, 0.15) is 41.1 Å². The molecule has 0 fully saturated rings. The second-order valence-corrected chi connectivity index (χ2v) is 7.29. The first-order valence-electron chi connectivity index (χ1n) is 7.97. The van der Waals surface area contributed by atoms with Gasteiger partial charge in [0.2, 0.25) is 10.0 Å². The highest BCUT2D eigenvalue weighted by molar-refractivity contribution is 7.89. The van der Waals surface area contributed by atoms with Crippen LogP contribution in [0.25, 0.3) is 0 Å². The number of sulfonamides is 1. The third-order valence-electron chi connectivity index (χ3n) is 3.58. The number of aromatic nitrogens is 1. The minimum atomic E-state index is -3.64. The van der Waals surface area contributed by atoms with E-state index < -0.39 is 21.8 Å². The standard InChI is InChI=1S/C17H20N4O4S/c1-3-12(2)21-26(24,25)14-9-7-13(8-10-14)16(22)19-20-17(23)15-6-4-5-11-18-15/h4-12,21H,3H2,1-2H3,(H,19,22)(H,20,23)/t12-/m1/s1. The van der Waals surface area contributed by atoms with Gasteiger partial charge in [0.25, 0.3) is 11.8 Å². The molecule has 9 heteroatoms. The Morgan fingerprint density at radius 2 is 1.69 bits per heavy atom. The lowest BCUT2D eigenvalue weighted by molar-refractivity contribution is 0.0844. The van der Waals surface area contributed by atoms with Gasteiger partial charge >= 0.3 is 0 Å². The van der Waals surface area contributed by atoms with Crippen molar-refractivity contribution in [3.8, 4) is 0 Å². The molecule has 2 amide bonds. The van der Waals surface area contributed by atoms with Gasteiger partial charge in [-0.1, -0.05) is 13.0 Å². The summed E-state index contributed by atoms with van der Waals surface area (Å²) in [5, 5.41) is 0. The number of pyridine rings is 1. The zero-order chi connectivity index (χ0) is 19.2. The number of carbonyl (C=O) groups is 2. The highest BCUT2D eigenvalue weighted by Gasteiger charge is 2.17. The highest BCUT2D eigenvalue weighted by atomic mass is 32.2. The van der Waals surface area contributed by atoms with Gasteiger partial charge in [-0.3, -0.25) is 25.4 Å². The van der Waals surface area contributed by atoms with Crippen LogP contribution in [-0.4, -0.2) is 31.3 Å². The van der Waals surface area contributed by atoms with E-state index in [0.29, 0.717) is 6.42 Å². The lowest BCUT2D eigenvalue weighted by Crippen LogP contribution is -2.41. The highest BCUT2D eigenvalue weighted by Crippen LogP contribution is 2.11. The van der Waals surface area contributed by atoms with Crippen LogP contribution in [0.15, 0.2) is 53.6 Å². The summed E-state index contributed by atoms with van der Waals surface area (Å²) in [5.74, 6) is -1.14. The van der Waals surface area contributed by atoms with Crippen molar-refractivity contribution in [2.75, 3.05) is 0 Å². The number of carbonyl (C=O) groups excluding carboxylic acids is 2. The fourth-order valence-electron chi connectivity index (χ4n) is 1.95. The van der Waals surface area contributed by atoms with E-state index in [9.17, 15) is 18.0 Å². The molecule has 1 aromatic carbocycles. The molecule has 1 atom stereocenters. The summed E-state index contributed by atoms with van der Waals surface area (Å²) in [7, 11) is -3.64. The summed E-state index contributed by atoms with van der Waals surface area (Å²) in [6.45, 7) is 3.64. The molecule has 0 aliphatic rings. The molecule has 2 rings (SSSR count). The maximum Gasteiger partial charge on any atom is 0.288 e. The average molecular weight is 376 g/mol. The molecule has 2 aromatic rings. The number of nitrogens with zero attached hydrogens (tertiary/aromatic N) is 1. The maximum absolute atomic E-state index is 12.2. The number of amides is 2. The zero-order valence-corrected chi connectivity index (χ0v) is 15.2. The maximum atomic E-state index is 12.2. The molecule has 0 aliphatic heterocycles. The van der Waals surface area contributed by atoms with E-state index >= 15 is 0 Å². The van der Waals surface area contributed by atoms with Crippen molar-refractivity contribution in [3.63, 3.8) is 0 Å². The van der Waals surface area contributed by atoms with E-state index in [4.69, 9.17) is 0 Å². The summed E-state index contributed by atoms with van der Waals surface area (Å²) in [6, 6.07) is 10.0. The molecular formula is C17H20N4O4S. The van der Waals surface area contributed by atoms with E-state index in [1.807, 2.05) is 6.92 Å². The summed E-state index contributed by atoms with van der Waals surface area (Å²) >= 11 is 0. The second-order valence-electron chi connectivity index (χ2n) is 5.58. The number of hydrogen-bond acceptors (Lipinski definition) is 5. The van der Waals surface area contributed by atoms with E-state index in [-0.39, 0.29) is 22.2 Å². The Kier molecular flexibility index (Phi) is 6.42. The molecule has 3 N–H and O–H groups in total. The molecule has 0 unspecified atom stereocenters. The van der Waals surface area contributed by atoms with Crippen molar-refractivity contribution < 1.29 is 18.0 Å². The molecule has 1 heterocycles. The van der Waals surface area contributed by atoms with Gasteiger partial charge in [-0.05, 0) is 49.7 Å². The molecule has 0 saturated heterocycles. The molecule has 0 aliphatic carbocycles. The number of rotatable bonds is 6. The second kappa shape index (κ2) is 8.54. The first-order valence-corrected chi connectivity index (χ1v) is 9.46. The molecule has 138 valence electrons. The number of hydrazine groups is 1. The molecule has 1 aromatic heterocycles. The van der Waals surface area contributed by atoms with Gasteiger partial charge in [-0.2, -0.15) is 0 Å². The largest absolute Gasteiger partial charge is 0.288 e. The molecule has 0 bridgehead atoms. The minimum Gasteiger partial charge on any atom is -0.267 e. The monoisotopic (exact) mass is 376 g/mol. The molecular weight excluding hydrogens is 356 g/mol. The Balaban J connectivity index is 1.99. The van der Waals surface area contributed by atoms with Crippen LogP contribution in [-0.2, 0) is 10.0 Å². The Morgan fingerprint density at radius 3 is 2.27 bits per heavy atom. The summed E-state index contributed by atoms with van der Waals surface area (Å²) in [4.78, 5) is 27.8. The normalized spacial score (nSPS) is 12.2. The van der Waals surface area contributed by atoms with Gasteiger partial charge in [-0.25, -0.2) is 13.1 Å². The van der Waals surface area contributed by atoms with Crippen LogP contribution in [0.4, 0.5) is 0 Å². The van der Waals surface area contributed by atoms with E-state index in [0.717, 1.165) is 0 Å². The van der Waals surface area contributed by atoms with Crippen LogP contribution < -0.4 is 15.6 Å². The Hall–Kier alpha value is -2.78. The van der Waals surface area contributed by atoms with Crippen LogP contribution in [0.2, 0.25) is 0 Å². The minimum absolute atomic E-state index is 0.0619. The molecule has 0 radical (unpaired) electrons. The number of hydrogen-bond donors (Lipinski definition) is 3. The molecule has 0 saturated carbocycles. The third-order valence-corrected chi connectivity index (χ3v) is 5.19. The van der Waals surface area contributed by atoms with E-state index in [1.165, 1.54) is 36.5 Å². The summed E-state index contributed by atoms with van der Waals surface area (Å²) in [6.07, 6.45) is 2.12. The summed E-state index contributed by atoms with van der Waals surface area (Å²) in [5.41, 5.74) is 4.86. The van der Waals surface area contributed by atoms with Gasteiger partial charge in [0.05, 0.1) is 4.90 Å². The smallest absolute Gasteiger partial charge is 0.267 e. The average Bonchev–Trinajstić information content (AvgIpc) is 2.66. The number of benzene rings is 1. The van der Waals surface area contributed by atoms with Crippen molar-refractivity contribution in [1.29, 1.82) is 0 Å². The van der Waals surface area contributed by atoms with Gasteiger partial charge in [0.1, 0.15) is 5.69 Å². The zero-order valence-electron chi connectivity index (χ0n) is 14.4. The Morgan fingerprint density at radius 1 is 1.04 bits per heavy atom. The molecule has 0 spiro atoms. The fraction of sp³-hybridized carbons (Fsp3) is 0.235. The van der Waals surface area contributed by atoms with Gasteiger partial charge in [0.15, 0.2) is 0 Å².